The van der Waals surface area contributed by atoms with Crippen LogP contribution in [0.25, 0.3) is 0 Å². The molecule has 0 saturated heterocycles. The van der Waals surface area contributed by atoms with E-state index in [2.05, 4.69) is 21.3 Å². The molecule has 1 atom stereocenters. The van der Waals surface area contributed by atoms with Crippen molar-refractivity contribution >= 4 is 40.5 Å². The Hall–Kier alpha value is -3.35. The van der Waals surface area contributed by atoms with Crippen LogP contribution in [0.15, 0.2) is 36.4 Å². The summed E-state index contributed by atoms with van der Waals surface area (Å²) >= 11 is 0. The van der Waals surface area contributed by atoms with Crippen LogP contribution in [0.1, 0.15) is 24.5 Å². The molecule has 0 aliphatic carbocycles. The summed E-state index contributed by atoms with van der Waals surface area (Å²) in [6, 6.07) is 10.0. The van der Waals surface area contributed by atoms with E-state index in [4.69, 9.17) is 0 Å². The minimum Gasteiger partial charge on any atom is -0.372 e. The molecule has 1 heterocycles. The molecular weight excluding hydrogens is 344 g/mol. The molecule has 3 amide bonds. The fourth-order valence-electron chi connectivity index (χ4n) is 2.89. The van der Waals surface area contributed by atoms with Crippen LogP contribution in [-0.4, -0.2) is 23.8 Å². The highest BCUT2D eigenvalue weighted by molar-refractivity contribution is 6.06. The van der Waals surface area contributed by atoms with Gasteiger partial charge in [-0.1, -0.05) is 0 Å². The van der Waals surface area contributed by atoms with E-state index in [1.165, 1.54) is 6.92 Å². The zero-order valence-corrected chi connectivity index (χ0v) is 15.5. The van der Waals surface area contributed by atoms with E-state index >= 15 is 0 Å². The average Bonchev–Trinajstić information content (AvgIpc) is 2.59. The Morgan fingerprint density at radius 3 is 2.11 bits per heavy atom. The number of carbonyl (C=O) groups is 3. The normalized spacial score (nSPS) is 15.2. The smallest absolute Gasteiger partial charge is 0.247 e. The summed E-state index contributed by atoms with van der Waals surface area (Å²) in [5.74, 6) is -0.670. The Morgan fingerprint density at radius 2 is 1.52 bits per heavy atom. The lowest BCUT2D eigenvalue weighted by Crippen LogP contribution is -2.41. The molecule has 0 fully saturated rings. The van der Waals surface area contributed by atoms with Gasteiger partial charge in [0.1, 0.15) is 6.04 Å². The number of hydrogen-bond donors (Lipinski definition) is 4. The summed E-state index contributed by atoms with van der Waals surface area (Å²) in [5.41, 5.74) is 4.99. The maximum absolute atomic E-state index is 12.3. The van der Waals surface area contributed by atoms with E-state index in [-0.39, 0.29) is 24.1 Å². The van der Waals surface area contributed by atoms with Crippen LogP contribution < -0.4 is 21.3 Å². The molecule has 0 aromatic heterocycles. The van der Waals surface area contributed by atoms with E-state index in [9.17, 15) is 14.4 Å². The Kier molecular flexibility index (Phi) is 5.12. The lowest BCUT2D eigenvalue weighted by molar-refractivity contribution is -0.122. The topological polar surface area (TPSA) is 99.3 Å². The second-order valence-electron chi connectivity index (χ2n) is 6.68. The lowest BCUT2D eigenvalue weighted by atomic mass is 10.0. The van der Waals surface area contributed by atoms with Gasteiger partial charge in [0.2, 0.25) is 17.7 Å². The minimum absolute atomic E-state index is 0.00560. The third kappa shape index (κ3) is 4.44. The molecule has 2 aromatic carbocycles. The van der Waals surface area contributed by atoms with Gasteiger partial charge in [-0.2, -0.15) is 0 Å². The Bertz CT molecular complexity index is 906. The van der Waals surface area contributed by atoms with Gasteiger partial charge in [-0.25, -0.2) is 0 Å². The van der Waals surface area contributed by atoms with E-state index < -0.39 is 6.04 Å². The van der Waals surface area contributed by atoms with Gasteiger partial charge in [-0.05, 0) is 61.4 Å². The molecule has 1 aliphatic heterocycles. The van der Waals surface area contributed by atoms with Gasteiger partial charge >= 0.3 is 0 Å². The first-order valence-corrected chi connectivity index (χ1v) is 8.68. The molecule has 2 aromatic rings. The van der Waals surface area contributed by atoms with Crippen LogP contribution >= 0.6 is 0 Å². The first-order chi connectivity index (χ1) is 12.8. The molecule has 3 rings (SSSR count). The van der Waals surface area contributed by atoms with Crippen molar-refractivity contribution in [3.05, 3.63) is 47.5 Å². The van der Waals surface area contributed by atoms with Gasteiger partial charge in [-0.15, -0.1) is 0 Å². The van der Waals surface area contributed by atoms with Gasteiger partial charge < -0.3 is 21.3 Å². The standard InChI is InChI=1S/C20H22N4O3/c1-11-8-16-17(9-12(11)2)24-20(27)18(23-16)10-19(26)22-15-6-4-14(5-7-15)21-13(3)25/h4-9,18,23H,10H2,1-3H3,(H,21,25)(H,22,26)(H,24,27). The highest BCUT2D eigenvalue weighted by Gasteiger charge is 2.27. The van der Waals surface area contributed by atoms with Gasteiger partial charge in [0, 0.05) is 18.3 Å². The van der Waals surface area contributed by atoms with Gasteiger partial charge in [0.25, 0.3) is 0 Å². The zero-order chi connectivity index (χ0) is 19.6. The van der Waals surface area contributed by atoms with Crippen LogP contribution in [0.4, 0.5) is 22.7 Å². The molecule has 0 bridgehead atoms. The van der Waals surface area contributed by atoms with E-state index in [0.29, 0.717) is 11.4 Å². The fourth-order valence-corrected chi connectivity index (χ4v) is 2.89. The minimum atomic E-state index is -0.641. The number of rotatable bonds is 4. The van der Waals surface area contributed by atoms with E-state index in [1.54, 1.807) is 24.3 Å². The number of amides is 3. The summed E-state index contributed by atoms with van der Waals surface area (Å²) in [5, 5.41) is 11.4. The Balaban J connectivity index is 1.63. The summed E-state index contributed by atoms with van der Waals surface area (Å²) < 4.78 is 0. The molecule has 0 spiro atoms. The van der Waals surface area contributed by atoms with Crippen LogP contribution in [0, 0.1) is 13.8 Å². The van der Waals surface area contributed by atoms with Crippen molar-refractivity contribution in [2.45, 2.75) is 33.2 Å². The van der Waals surface area contributed by atoms with Crippen LogP contribution in [0.2, 0.25) is 0 Å². The number of nitrogens with one attached hydrogen (secondary N) is 4. The zero-order valence-electron chi connectivity index (χ0n) is 15.5. The lowest BCUT2D eigenvalue weighted by Gasteiger charge is -2.27. The summed E-state index contributed by atoms with van der Waals surface area (Å²) in [7, 11) is 0. The van der Waals surface area contributed by atoms with Crippen molar-refractivity contribution in [1.82, 2.24) is 0 Å². The monoisotopic (exact) mass is 366 g/mol. The van der Waals surface area contributed by atoms with Gasteiger partial charge in [-0.3, -0.25) is 14.4 Å². The third-order valence-corrected chi connectivity index (χ3v) is 4.42. The van der Waals surface area contributed by atoms with Crippen LogP contribution in [0.3, 0.4) is 0 Å². The molecule has 1 unspecified atom stereocenters. The molecule has 140 valence electrons. The van der Waals surface area contributed by atoms with Gasteiger partial charge in [0.15, 0.2) is 0 Å². The average molecular weight is 366 g/mol. The Labute approximate surface area is 157 Å². The predicted molar refractivity (Wildman–Crippen MR) is 106 cm³/mol. The van der Waals surface area contributed by atoms with Crippen molar-refractivity contribution in [3.63, 3.8) is 0 Å². The molecule has 7 nitrogen and oxygen atoms in total. The van der Waals surface area contributed by atoms with Crippen LogP contribution in [-0.2, 0) is 14.4 Å². The van der Waals surface area contributed by atoms with Crippen molar-refractivity contribution in [2.24, 2.45) is 0 Å². The highest BCUT2D eigenvalue weighted by Crippen LogP contribution is 2.30. The van der Waals surface area contributed by atoms with Crippen molar-refractivity contribution < 1.29 is 14.4 Å². The molecule has 0 saturated carbocycles. The molecule has 0 radical (unpaired) electrons. The first kappa shape index (κ1) is 18.4. The quantitative estimate of drug-likeness (QED) is 0.668. The van der Waals surface area contributed by atoms with E-state index in [1.807, 2.05) is 26.0 Å². The SMILES string of the molecule is CC(=O)Nc1ccc(NC(=O)CC2Nc3cc(C)c(C)cc3NC2=O)cc1. The Morgan fingerprint density at radius 1 is 0.963 bits per heavy atom. The van der Waals surface area contributed by atoms with Crippen LogP contribution in [0.5, 0.6) is 0 Å². The van der Waals surface area contributed by atoms with Crippen molar-refractivity contribution in [3.8, 4) is 0 Å². The summed E-state index contributed by atoms with van der Waals surface area (Å²) in [6.45, 7) is 5.41. The molecule has 4 N–H and O–H groups in total. The molecular formula is C20H22N4O3. The van der Waals surface area contributed by atoms with E-state index in [0.717, 1.165) is 22.5 Å². The number of anilines is 4. The van der Waals surface area contributed by atoms with Crippen molar-refractivity contribution in [2.75, 3.05) is 21.3 Å². The maximum Gasteiger partial charge on any atom is 0.247 e. The fraction of sp³-hybridized carbons (Fsp3) is 0.250. The number of carbonyl (C=O) groups excluding carboxylic acids is 3. The number of benzene rings is 2. The number of aryl methyl sites for hydroxylation is 2. The first-order valence-electron chi connectivity index (χ1n) is 8.68. The number of fused-ring (bicyclic) bond motifs is 1. The second kappa shape index (κ2) is 7.49. The van der Waals surface area contributed by atoms with Gasteiger partial charge in [0.05, 0.1) is 17.8 Å². The third-order valence-electron chi connectivity index (χ3n) is 4.42. The number of hydrogen-bond acceptors (Lipinski definition) is 4. The molecule has 7 heteroatoms. The second-order valence-corrected chi connectivity index (χ2v) is 6.68. The predicted octanol–water partition coefficient (Wildman–Crippen LogP) is 3.02. The maximum atomic E-state index is 12.3. The van der Waals surface area contributed by atoms with Crippen molar-refractivity contribution in [1.29, 1.82) is 0 Å². The molecule has 27 heavy (non-hydrogen) atoms. The highest BCUT2D eigenvalue weighted by atomic mass is 16.2. The summed E-state index contributed by atoms with van der Waals surface area (Å²) in [6.07, 6.45) is 0.00560. The molecule has 1 aliphatic rings. The largest absolute Gasteiger partial charge is 0.372 e. The summed E-state index contributed by atoms with van der Waals surface area (Å²) in [4.78, 5) is 35.6.